The summed E-state index contributed by atoms with van der Waals surface area (Å²) in [6, 6.07) is 11.8. The number of ether oxygens (including phenoxy) is 1. The molecule has 2 fully saturated rings. The molecule has 3 aliphatic rings. The molecule has 1 saturated carbocycles. The van der Waals surface area contributed by atoms with Gasteiger partial charge in [0.1, 0.15) is 11.6 Å². The lowest BCUT2D eigenvalue weighted by molar-refractivity contribution is 0.0752. The fraction of sp³-hybridized carbons (Fsp3) is 0.467. The van der Waals surface area contributed by atoms with Crippen LogP contribution in [0.4, 0.5) is 5.82 Å². The summed E-state index contributed by atoms with van der Waals surface area (Å²) in [5, 5.41) is 21.7. The van der Waals surface area contributed by atoms with E-state index in [9.17, 15) is 15.2 Å². The summed E-state index contributed by atoms with van der Waals surface area (Å²) in [5.41, 5.74) is 2.30. The second-order valence-electron chi connectivity index (χ2n) is 11.7. The molecule has 10 heteroatoms. The van der Waals surface area contributed by atoms with Crippen molar-refractivity contribution < 1.29 is 14.6 Å². The van der Waals surface area contributed by atoms with Crippen LogP contribution in [0.3, 0.4) is 0 Å². The van der Waals surface area contributed by atoms with Gasteiger partial charge in [-0.05, 0) is 86.0 Å². The third-order valence-corrected chi connectivity index (χ3v) is 9.09. The van der Waals surface area contributed by atoms with Gasteiger partial charge >= 0.3 is 6.01 Å². The Kier molecular flexibility index (Phi) is 7.21. The highest BCUT2D eigenvalue weighted by Gasteiger charge is 2.44. The van der Waals surface area contributed by atoms with Crippen LogP contribution in [0.25, 0.3) is 10.8 Å². The molecule has 1 N–H and O–H groups in total. The Labute approximate surface area is 247 Å². The minimum atomic E-state index is -0.159. The van der Waals surface area contributed by atoms with Crippen LogP contribution in [0.15, 0.2) is 30.3 Å². The summed E-state index contributed by atoms with van der Waals surface area (Å²) >= 11 is 2.24. The molecule has 0 unspecified atom stereocenters. The molecule has 2 aliphatic heterocycles. The van der Waals surface area contributed by atoms with E-state index < -0.39 is 0 Å². The van der Waals surface area contributed by atoms with Gasteiger partial charge in [0.2, 0.25) is 0 Å². The van der Waals surface area contributed by atoms with Gasteiger partial charge in [0, 0.05) is 39.6 Å². The van der Waals surface area contributed by atoms with Crippen LogP contribution >= 0.6 is 22.6 Å². The lowest BCUT2D eigenvalue weighted by atomic mass is 9.99. The number of aromatic nitrogens is 2. The molecule has 3 heterocycles. The molecular formula is C30H33IN6O3. The maximum absolute atomic E-state index is 13.9. The zero-order valence-corrected chi connectivity index (χ0v) is 25.0. The normalized spacial score (nSPS) is 19.5. The van der Waals surface area contributed by atoms with Gasteiger partial charge < -0.3 is 24.5 Å². The highest BCUT2D eigenvalue weighted by molar-refractivity contribution is 14.1. The third-order valence-electron chi connectivity index (χ3n) is 8.19. The maximum atomic E-state index is 13.9. The molecule has 1 amide bonds. The minimum absolute atomic E-state index is 0.0570. The molecule has 1 aromatic heterocycles. The molecule has 1 saturated heterocycles. The van der Waals surface area contributed by atoms with Crippen molar-refractivity contribution in [3.8, 4) is 17.8 Å². The largest absolute Gasteiger partial charge is 0.508 e. The van der Waals surface area contributed by atoms with Crippen molar-refractivity contribution in [1.29, 1.82) is 5.26 Å². The van der Waals surface area contributed by atoms with E-state index in [-0.39, 0.29) is 23.0 Å². The molecule has 3 aromatic rings. The van der Waals surface area contributed by atoms with E-state index in [1.807, 2.05) is 18.2 Å². The van der Waals surface area contributed by atoms with Gasteiger partial charge in [-0.15, -0.1) is 0 Å². The van der Waals surface area contributed by atoms with Gasteiger partial charge in [-0.25, -0.2) is 0 Å². The summed E-state index contributed by atoms with van der Waals surface area (Å²) in [5.74, 6) is 0.614. The van der Waals surface area contributed by atoms with E-state index in [1.165, 1.54) is 0 Å². The summed E-state index contributed by atoms with van der Waals surface area (Å²) in [6.45, 7) is 3.62. The van der Waals surface area contributed by atoms with Crippen LogP contribution in [-0.2, 0) is 13.1 Å². The Morgan fingerprint density at radius 1 is 1.27 bits per heavy atom. The molecule has 9 nitrogen and oxygen atoms in total. The molecule has 2 aromatic carbocycles. The summed E-state index contributed by atoms with van der Waals surface area (Å²) < 4.78 is 7.19. The molecule has 1 atom stereocenters. The number of anilines is 1. The number of carbonyl (C=O) groups is 1. The summed E-state index contributed by atoms with van der Waals surface area (Å²) in [6.07, 6.45) is 4.04. The lowest BCUT2D eigenvalue weighted by Crippen LogP contribution is -2.36. The van der Waals surface area contributed by atoms with Crippen molar-refractivity contribution in [2.24, 2.45) is 11.3 Å². The molecule has 208 valence electrons. The maximum Gasteiger partial charge on any atom is 0.318 e. The number of phenols is 1. The summed E-state index contributed by atoms with van der Waals surface area (Å²) in [4.78, 5) is 29.7. The van der Waals surface area contributed by atoms with Crippen LogP contribution in [-0.4, -0.2) is 71.1 Å². The minimum Gasteiger partial charge on any atom is -0.508 e. The average Bonchev–Trinajstić information content (AvgIpc) is 3.55. The number of carbonyl (C=O) groups excluding carboxylic acids is 1. The van der Waals surface area contributed by atoms with Crippen LogP contribution in [0.5, 0.6) is 11.8 Å². The number of halogens is 1. The van der Waals surface area contributed by atoms with Crippen molar-refractivity contribution in [1.82, 2.24) is 19.8 Å². The fourth-order valence-corrected chi connectivity index (χ4v) is 6.89. The number of rotatable bonds is 7. The van der Waals surface area contributed by atoms with Crippen LogP contribution < -0.4 is 9.64 Å². The molecule has 40 heavy (non-hydrogen) atoms. The monoisotopic (exact) mass is 652 g/mol. The molecule has 1 aliphatic carbocycles. The van der Waals surface area contributed by atoms with Crippen LogP contribution in [0.2, 0.25) is 0 Å². The molecule has 0 radical (unpaired) electrons. The van der Waals surface area contributed by atoms with E-state index in [2.05, 4.69) is 52.6 Å². The van der Waals surface area contributed by atoms with E-state index in [1.54, 1.807) is 17.0 Å². The van der Waals surface area contributed by atoms with Crippen molar-refractivity contribution >= 4 is 45.1 Å². The number of nitrogens with zero attached hydrogens (tertiary/aromatic N) is 6. The molecular weight excluding hydrogens is 619 g/mol. The zero-order chi connectivity index (χ0) is 28.0. The Bertz CT molecular complexity index is 1520. The molecule has 6 rings (SSSR count). The van der Waals surface area contributed by atoms with Crippen molar-refractivity contribution in [2.45, 2.75) is 38.8 Å². The number of piperidine rings is 1. The Morgan fingerprint density at radius 2 is 2.10 bits per heavy atom. The van der Waals surface area contributed by atoms with Crippen molar-refractivity contribution in [3.05, 3.63) is 50.7 Å². The number of hydrogen-bond acceptors (Lipinski definition) is 8. The first-order valence-corrected chi connectivity index (χ1v) is 14.9. The first kappa shape index (κ1) is 27.0. The van der Waals surface area contributed by atoms with Crippen molar-refractivity contribution in [2.75, 3.05) is 45.2 Å². The average molecular weight is 653 g/mol. The van der Waals surface area contributed by atoms with E-state index >= 15 is 0 Å². The SMILES string of the molecule is CN(C)CC1(COc2nc3c(c(N4CCC[C@@H](C#N)C4)n2)CN(C(=O)c2cc(O)cc4cccc(I)c24)C3)CC1. The van der Waals surface area contributed by atoms with Crippen molar-refractivity contribution in [3.63, 3.8) is 0 Å². The Morgan fingerprint density at radius 3 is 2.85 bits per heavy atom. The predicted octanol–water partition coefficient (Wildman–Crippen LogP) is 4.56. The number of fused-ring (bicyclic) bond motifs is 2. The number of phenolic OH excluding ortho intramolecular Hbond substituents is 1. The third kappa shape index (κ3) is 5.29. The molecule has 0 bridgehead atoms. The number of nitriles is 1. The lowest BCUT2D eigenvalue weighted by Gasteiger charge is -2.32. The van der Waals surface area contributed by atoms with E-state index in [0.717, 1.165) is 70.2 Å². The summed E-state index contributed by atoms with van der Waals surface area (Å²) in [7, 11) is 4.16. The topological polar surface area (TPSA) is 106 Å². The van der Waals surface area contributed by atoms with Gasteiger partial charge in [-0.3, -0.25) is 4.79 Å². The van der Waals surface area contributed by atoms with E-state index in [0.29, 0.717) is 37.8 Å². The van der Waals surface area contributed by atoms with Gasteiger partial charge in [-0.1, -0.05) is 12.1 Å². The number of amides is 1. The van der Waals surface area contributed by atoms with Gasteiger partial charge in [-0.2, -0.15) is 15.2 Å². The number of hydrogen-bond donors (Lipinski definition) is 1. The predicted molar refractivity (Wildman–Crippen MR) is 160 cm³/mol. The number of benzene rings is 2. The van der Waals surface area contributed by atoms with Gasteiger partial charge in [0.25, 0.3) is 5.91 Å². The van der Waals surface area contributed by atoms with Crippen LogP contribution in [0, 0.1) is 26.2 Å². The second kappa shape index (κ2) is 10.7. The fourth-order valence-electron chi connectivity index (χ4n) is 6.08. The first-order valence-electron chi connectivity index (χ1n) is 13.8. The van der Waals surface area contributed by atoms with E-state index in [4.69, 9.17) is 14.7 Å². The molecule has 0 spiro atoms. The second-order valence-corrected chi connectivity index (χ2v) is 12.9. The quantitative estimate of drug-likeness (QED) is 0.371. The van der Waals surface area contributed by atoms with Gasteiger partial charge in [0.05, 0.1) is 42.9 Å². The highest BCUT2D eigenvalue weighted by Crippen LogP contribution is 2.46. The standard InChI is InChI=1S/C30H33IN6O3/c1-35(2)17-30(8-9-30)18-40-29-33-25-16-37(15-23(25)27(34-29)36-10-4-5-19(13-32)14-36)28(39)22-12-21(38)11-20-6-3-7-24(31)26(20)22/h3,6-7,11-12,19,38H,4-5,8-10,14-18H2,1-2H3/t19-/m0/s1. The zero-order valence-electron chi connectivity index (χ0n) is 22.9. The number of aromatic hydroxyl groups is 1. The Hall–Kier alpha value is -3.17. The first-order chi connectivity index (χ1) is 19.2. The van der Waals surface area contributed by atoms with Crippen LogP contribution in [0.1, 0.15) is 47.3 Å². The smallest absolute Gasteiger partial charge is 0.318 e. The highest BCUT2D eigenvalue weighted by atomic mass is 127. The Balaban J connectivity index is 1.32. The van der Waals surface area contributed by atoms with Gasteiger partial charge in [0.15, 0.2) is 0 Å².